The van der Waals surface area contributed by atoms with E-state index in [2.05, 4.69) is 27.7 Å². The van der Waals surface area contributed by atoms with E-state index in [4.69, 9.17) is 5.73 Å². The van der Waals surface area contributed by atoms with Crippen LogP contribution in [0.15, 0.2) is 0 Å². The normalized spacial score (nSPS) is 34.5. The molecular formula is C13H27N. The molecule has 1 aliphatic rings. The standard InChI is InChI=1S/C13H27N/c1-5-10-6-7-12(14)8-11(10)9-13(2,3)4/h10-12H,5-9,14H2,1-4H3. The fourth-order valence-electron chi connectivity index (χ4n) is 2.94. The van der Waals surface area contributed by atoms with E-state index in [1.165, 1.54) is 32.1 Å². The maximum atomic E-state index is 6.06. The molecule has 1 fully saturated rings. The number of hydrogen-bond acceptors (Lipinski definition) is 1. The van der Waals surface area contributed by atoms with Crippen molar-refractivity contribution >= 4 is 0 Å². The van der Waals surface area contributed by atoms with Gasteiger partial charge in [-0.3, -0.25) is 0 Å². The highest BCUT2D eigenvalue weighted by Gasteiger charge is 2.30. The van der Waals surface area contributed by atoms with Crippen molar-refractivity contribution in [3.63, 3.8) is 0 Å². The summed E-state index contributed by atoms with van der Waals surface area (Å²) in [5.74, 6) is 1.82. The van der Waals surface area contributed by atoms with Crippen LogP contribution >= 0.6 is 0 Å². The van der Waals surface area contributed by atoms with Gasteiger partial charge >= 0.3 is 0 Å². The molecule has 0 bridgehead atoms. The van der Waals surface area contributed by atoms with Crippen LogP contribution in [0.5, 0.6) is 0 Å². The van der Waals surface area contributed by atoms with Crippen molar-refractivity contribution in [2.24, 2.45) is 23.0 Å². The molecule has 0 aliphatic heterocycles. The van der Waals surface area contributed by atoms with Crippen LogP contribution in [-0.2, 0) is 0 Å². The maximum Gasteiger partial charge on any atom is 0.00416 e. The largest absolute Gasteiger partial charge is 0.328 e. The van der Waals surface area contributed by atoms with Gasteiger partial charge in [-0.15, -0.1) is 0 Å². The van der Waals surface area contributed by atoms with Crippen LogP contribution in [0.4, 0.5) is 0 Å². The second-order valence-corrected chi connectivity index (χ2v) is 6.27. The second-order valence-electron chi connectivity index (χ2n) is 6.27. The smallest absolute Gasteiger partial charge is 0.00416 e. The van der Waals surface area contributed by atoms with Crippen molar-refractivity contribution in [2.45, 2.75) is 65.8 Å². The zero-order chi connectivity index (χ0) is 10.8. The van der Waals surface area contributed by atoms with Gasteiger partial charge in [0.2, 0.25) is 0 Å². The average Bonchev–Trinajstić information content (AvgIpc) is 2.01. The lowest BCUT2D eigenvalue weighted by atomic mass is 9.69. The molecule has 0 aromatic carbocycles. The molecule has 2 N–H and O–H groups in total. The lowest BCUT2D eigenvalue weighted by molar-refractivity contribution is 0.151. The lowest BCUT2D eigenvalue weighted by Gasteiger charge is -2.37. The van der Waals surface area contributed by atoms with Crippen LogP contribution in [0.3, 0.4) is 0 Å². The molecule has 3 unspecified atom stereocenters. The Balaban J connectivity index is 2.53. The Morgan fingerprint density at radius 3 is 2.29 bits per heavy atom. The summed E-state index contributed by atoms with van der Waals surface area (Å²) >= 11 is 0. The van der Waals surface area contributed by atoms with Gasteiger partial charge in [0, 0.05) is 6.04 Å². The number of hydrogen-bond donors (Lipinski definition) is 1. The van der Waals surface area contributed by atoms with E-state index in [9.17, 15) is 0 Å². The Morgan fingerprint density at radius 2 is 1.79 bits per heavy atom. The maximum absolute atomic E-state index is 6.06. The summed E-state index contributed by atoms with van der Waals surface area (Å²) in [4.78, 5) is 0. The first-order chi connectivity index (χ1) is 6.42. The van der Waals surface area contributed by atoms with Gasteiger partial charge in [-0.1, -0.05) is 34.1 Å². The summed E-state index contributed by atoms with van der Waals surface area (Å²) in [5.41, 5.74) is 6.53. The Hall–Kier alpha value is -0.0400. The van der Waals surface area contributed by atoms with Crippen molar-refractivity contribution in [2.75, 3.05) is 0 Å². The third-order valence-electron chi connectivity index (χ3n) is 3.58. The fourth-order valence-corrected chi connectivity index (χ4v) is 2.94. The van der Waals surface area contributed by atoms with Crippen LogP contribution in [0.25, 0.3) is 0 Å². The average molecular weight is 197 g/mol. The van der Waals surface area contributed by atoms with E-state index in [0.717, 1.165) is 11.8 Å². The van der Waals surface area contributed by atoms with E-state index in [0.29, 0.717) is 11.5 Å². The molecular weight excluding hydrogens is 170 g/mol. The third-order valence-corrected chi connectivity index (χ3v) is 3.58. The van der Waals surface area contributed by atoms with Gasteiger partial charge in [-0.05, 0) is 42.9 Å². The van der Waals surface area contributed by atoms with Crippen molar-refractivity contribution < 1.29 is 0 Å². The molecule has 0 amide bonds. The molecule has 0 aromatic heterocycles. The zero-order valence-electron chi connectivity index (χ0n) is 10.3. The molecule has 84 valence electrons. The summed E-state index contributed by atoms with van der Waals surface area (Å²) in [5, 5.41) is 0. The molecule has 0 aromatic rings. The Labute approximate surface area is 89.5 Å². The second kappa shape index (κ2) is 4.65. The summed E-state index contributed by atoms with van der Waals surface area (Å²) < 4.78 is 0. The quantitative estimate of drug-likeness (QED) is 0.719. The van der Waals surface area contributed by atoms with Crippen molar-refractivity contribution in [1.82, 2.24) is 0 Å². The Bertz CT molecular complexity index is 169. The van der Waals surface area contributed by atoms with Gasteiger partial charge < -0.3 is 5.73 Å². The summed E-state index contributed by atoms with van der Waals surface area (Å²) in [6.07, 6.45) is 6.56. The van der Waals surface area contributed by atoms with Crippen molar-refractivity contribution in [3.8, 4) is 0 Å². The third kappa shape index (κ3) is 3.61. The zero-order valence-corrected chi connectivity index (χ0v) is 10.3. The fraction of sp³-hybridized carbons (Fsp3) is 1.00. The van der Waals surface area contributed by atoms with E-state index in [-0.39, 0.29) is 0 Å². The SMILES string of the molecule is CCC1CCC(N)CC1CC(C)(C)C. The van der Waals surface area contributed by atoms with E-state index in [1.54, 1.807) is 0 Å². The van der Waals surface area contributed by atoms with E-state index >= 15 is 0 Å². The van der Waals surface area contributed by atoms with Gasteiger partial charge in [0.15, 0.2) is 0 Å². The van der Waals surface area contributed by atoms with Crippen molar-refractivity contribution in [3.05, 3.63) is 0 Å². The molecule has 1 aliphatic carbocycles. The van der Waals surface area contributed by atoms with E-state index < -0.39 is 0 Å². The van der Waals surface area contributed by atoms with Crippen LogP contribution in [-0.4, -0.2) is 6.04 Å². The Kier molecular flexibility index (Phi) is 4.00. The Morgan fingerprint density at radius 1 is 1.14 bits per heavy atom. The van der Waals surface area contributed by atoms with Gasteiger partial charge in [-0.25, -0.2) is 0 Å². The molecule has 3 atom stereocenters. The summed E-state index contributed by atoms with van der Waals surface area (Å²) in [6.45, 7) is 9.37. The summed E-state index contributed by atoms with van der Waals surface area (Å²) in [7, 11) is 0. The molecule has 1 nitrogen and oxygen atoms in total. The highest BCUT2D eigenvalue weighted by molar-refractivity contribution is 4.83. The summed E-state index contributed by atoms with van der Waals surface area (Å²) in [6, 6.07) is 0.477. The molecule has 1 heteroatoms. The first-order valence-electron chi connectivity index (χ1n) is 6.18. The van der Waals surface area contributed by atoms with Crippen LogP contribution in [0.2, 0.25) is 0 Å². The van der Waals surface area contributed by atoms with Gasteiger partial charge in [0.05, 0.1) is 0 Å². The minimum Gasteiger partial charge on any atom is -0.328 e. The van der Waals surface area contributed by atoms with Gasteiger partial charge in [0.25, 0.3) is 0 Å². The number of rotatable bonds is 2. The number of nitrogens with two attached hydrogens (primary N) is 1. The molecule has 0 spiro atoms. The monoisotopic (exact) mass is 197 g/mol. The molecule has 0 saturated heterocycles. The topological polar surface area (TPSA) is 26.0 Å². The minimum absolute atomic E-state index is 0.467. The van der Waals surface area contributed by atoms with Crippen LogP contribution in [0, 0.1) is 17.3 Å². The predicted octanol–water partition coefficient (Wildman–Crippen LogP) is 3.58. The first kappa shape index (κ1) is 12.0. The molecule has 1 rings (SSSR count). The first-order valence-corrected chi connectivity index (χ1v) is 6.18. The predicted molar refractivity (Wildman–Crippen MR) is 63.2 cm³/mol. The molecule has 0 radical (unpaired) electrons. The van der Waals surface area contributed by atoms with Crippen LogP contribution in [0.1, 0.15) is 59.8 Å². The minimum atomic E-state index is 0.467. The van der Waals surface area contributed by atoms with Gasteiger partial charge in [-0.2, -0.15) is 0 Å². The van der Waals surface area contributed by atoms with Crippen molar-refractivity contribution in [1.29, 1.82) is 0 Å². The van der Waals surface area contributed by atoms with E-state index in [1.807, 2.05) is 0 Å². The molecule has 14 heavy (non-hydrogen) atoms. The van der Waals surface area contributed by atoms with Crippen LogP contribution < -0.4 is 5.73 Å². The molecule has 1 saturated carbocycles. The highest BCUT2D eigenvalue weighted by Crippen LogP contribution is 2.38. The molecule has 0 heterocycles. The van der Waals surface area contributed by atoms with Gasteiger partial charge in [0.1, 0.15) is 0 Å². The highest BCUT2D eigenvalue weighted by atomic mass is 14.6. The lowest BCUT2D eigenvalue weighted by Crippen LogP contribution is -2.35.